The van der Waals surface area contributed by atoms with Crippen LogP contribution in [0.2, 0.25) is 0 Å². The molecule has 130 valence electrons. The molecule has 0 saturated carbocycles. The lowest BCUT2D eigenvalue weighted by Crippen LogP contribution is -2.09. The van der Waals surface area contributed by atoms with Gasteiger partial charge in [0.15, 0.2) is 4.34 Å². The van der Waals surface area contributed by atoms with Crippen LogP contribution < -0.4 is 5.32 Å². The van der Waals surface area contributed by atoms with Crippen LogP contribution in [-0.4, -0.2) is 28.0 Å². The highest BCUT2D eigenvalue weighted by Gasteiger charge is 2.16. The maximum atomic E-state index is 12.3. The Morgan fingerprint density at radius 2 is 2.12 bits per heavy atom. The van der Waals surface area contributed by atoms with E-state index in [9.17, 15) is 23.7 Å². The number of fused-ring (bicyclic) bond motifs is 1. The first-order valence-electron chi connectivity index (χ1n) is 6.79. The summed E-state index contributed by atoms with van der Waals surface area (Å²) < 4.78 is 25.8. The molecule has 0 bridgehead atoms. The summed E-state index contributed by atoms with van der Waals surface area (Å²) >= 11 is 3.04. The van der Waals surface area contributed by atoms with Crippen molar-refractivity contribution in [3.63, 3.8) is 0 Å². The lowest BCUT2D eigenvalue weighted by Gasteiger charge is -2.02. The number of thiazole rings is 1. The lowest BCUT2D eigenvalue weighted by molar-refractivity contribution is -0.380. The zero-order chi connectivity index (χ0) is 18.0. The van der Waals surface area contributed by atoms with Gasteiger partial charge in [0, 0.05) is 11.8 Å². The highest BCUT2D eigenvalue weighted by atomic mass is 32.2. The van der Waals surface area contributed by atoms with Gasteiger partial charge in [0.25, 0.3) is 5.91 Å². The molecule has 6 nitrogen and oxygen atoms in total. The number of thiophene rings is 1. The van der Waals surface area contributed by atoms with Gasteiger partial charge in [-0.1, -0.05) is 23.1 Å². The van der Waals surface area contributed by atoms with Crippen molar-refractivity contribution in [2.75, 3.05) is 11.1 Å². The number of halogens is 2. The molecular weight excluding hydrogens is 392 g/mol. The van der Waals surface area contributed by atoms with Crippen molar-refractivity contribution in [2.24, 2.45) is 0 Å². The highest BCUT2D eigenvalue weighted by molar-refractivity contribution is 8.01. The molecule has 0 spiro atoms. The quantitative estimate of drug-likeness (QED) is 0.362. The summed E-state index contributed by atoms with van der Waals surface area (Å²) in [7, 11) is 0. The third kappa shape index (κ3) is 4.30. The number of amides is 1. The molecule has 0 aliphatic carbocycles. The van der Waals surface area contributed by atoms with E-state index in [0.29, 0.717) is 15.5 Å². The Hall–Kier alpha value is -2.11. The summed E-state index contributed by atoms with van der Waals surface area (Å²) in [5, 5.41) is 13.2. The van der Waals surface area contributed by atoms with Gasteiger partial charge in [-0.15, -0.1) is 11.3 Å². The Bertz CT molecular complexity index is 942. The van der Waals surface area contributed by atoms with E-state index in [1.165, 1.54) is 23.5 Å². The summed E-state index contributed by atoms with van der Waals surface area (Å²) in [6, 6.07) is 7.69. The molecule has 0 fully saturated rings. The fraction of sp³-hybridized carbons (Fsp3) is 0.143. The number of anilines is 1. The minimum Gasteiger partial charge on any atom is -0.321 e. The van der Waals surface area contributed by atoms with Crippen LogP contribution in [0.15, 0.2) is 34.7 Å². The molecule has 25 heavy (non-hydrogen) atoms. The molecule has 2 heterocycles. The number of alkyl halides is 2. The molecular formula is C14H9F2N3O3S3. The number of nitrogens with one attached hydrogen (secondary N) is 1. The number of nitrogens with zero attached hydrogens (tertiary/aromatic N) is 2. The average Bonchev–Trinajstić information content (AvgIpc) is 3.19. The average molecular weight is 401 g/mol. The minimum atomic E-state index is -2.40. The second kappa shape index (κ2) is 7.42. The van der Waals surface area contributed by atoms with Gasteiger partial charge in [0.05, 0.1) is 25.8 Å². The summed E-state index contributed by atoms with van der Waals surface area (Å²) in [6.07, 6.45) is -2.40. The number of nitro groups is 1. The van der Waals surface area contributed by atoms with Gasteiger partial charge in [0.1, 0.15) is 0 Å². The number of carbonyl (C=O) groups excluding carboxylic acids is 1. The zero-order valence-electron chi connectivity index (χ0n) is 12.3. The summed E-state index contributed by atoms with van der Waals surface area (Å²) in [6.45, 7) is 0. The third-order valence-corrected chi connectivity index (χ3v) is 6.16. The van der Waals surface area contributed by atoms with Crippen molar-refractivity contribution in [3.8, 4) is 0 Å². The van der Waals surface area contributed by atoms with Gasteiger partial charge in [-0.25, -0.2) is 13.8 Å². The maximum Gasteiger partial charge on any atom is 0.324 e. The van der Waals surface area contributed by atoms with E-state index in [4.69, 9.17) is 0 Å². The van der Waals surface area contributed by atoms with Crippen molar-refractivity contribution in [3.05, 3.63) is 45.3 Å². The molecule has 0 atom stereocenters. The van der Waals surface area contributed by atoms with Crippen molar-refractivity contribution in [2.45, 2.75) is 10.8 Å². The number of carbonyl (C=O) groups is 1. The first kappa shape index (κ1) is 17.7. The van der Waals surface area contributed by atoms with E-state index in [1.807, 2.05) is 0 Å². The molecule has 1 amide bonds. The van der Waals surface area contributed by atoms with Gasteiger partial charge in [-0.3, -0.25) is 14.9 Å². The zero-order valence-corrected chi connectivity index (χ0v) is 14.7. The molecule has 2 aromatic heterocycles. The third-order valence-electron chi connectivity index (χ3n) is 2.96. The van der Waals surface area contributed by atoms with Gasteiger partial charge in [-0.2, -0.15) is 0 Å². The number of rotatable bonds is 6. The fourth-order valence-corrected chi connectivity index (χ4v) is 4.51. The smallest absolute Gasteiger partial charge is 0.321 e. The van der Waals surface area contributed by atoms with Crippen LogP contribution in [0.3, 0.4) is 0 Å². The minimum absolute atomic E-state index is 0.108. The van der Waals surface area contributed by atoms with E-state index in [-0.39, 0.29) is 15.6 Å². The van der Waals surface area contributed by atoms with E-state index in [0.717, 1.165) is 27.8 Å². The van der Waals surface area contributed by atoms with Crippen molar-refractivity contribution >= 4 is 61.2 Å². The van der Waals surface area contributed by atoms with Crippen LogP contribution in [0.4, 0.5) is 19.5 Å². The van der Waals surface area contributed by atoms with Crippen LogP contribution in [0.25, 0.3) is 10.2 Å². The molecule has 0 aliphatic rings. The highest BCUT2D eigenvalue weighted by Crippen LogP contribution is 2.32. The molecule has 1 aromatic carbocycles. The molecule has 3 aromatic rings. The SMILES string of the molecule is O=C(Nc1ccc2nc(SCC(F)F)sc2c1)c1ccc([N+](=O)[O-])s1. The number of benzene rings is 1. The normalized spacial score (nSPS) is 11.2. The Morgan fingerprint density at radius 1 is 1.32 bits per heavy atom. The molecule has 1 N–H and O–H groups in total. The summed E-state index contributed by atoms with van der Waals surface area (Å²) in [4.78, 5) is 26.7. The molecule has 3 rings (SSSR count). The standard InChI is InChI=1S/C14H9F2N3O3S3/c15-11(16)6-23-14-18-8-2-1-7(5-10(8)25-14)17-13(20)9-3-4-12(24-9)19(21)22/h1-5,11H,6H2,(H,17,20). The van der Waals surface area contributed by atoms with Crippen LogP contribution in [0.5, 0.6) is 0 Å². The van der Waals surface area contributed by atoms with Crippen LogP contribution in [-0.2, 0) is 0 Å². The lowest BCUT2D eigenvalue weighted by atomic mass is 10.3. The van der Waals surface area contributed by atoms with Crippen molar-refractivity contribution in [1.29, 1.82) is 0 Å². The van der Waals surface area contributed by atoms with Crippen molar-refractivity contribution in [1.82, 2.24) is 4.98 Å². The summed E-state index contributed by atoms with van der Waals surface area (Å²) in [5.74, 6) is -0.769. The van der Waals surface area contributed by atoms with Crippen molar-refractivity contribution < 1.29 is 18.5 Å². The monoisotopic (exact) mass is 401 g/mol. The van der Waals surface area contributed by atoms with Gasteiger partial charge >= 0.3 is 5.00 Å². The fourth-order valence-electron chi connectivity index (χ4n) is 1.92. The molecule has 0 saturated heterocycles. The van der Waals surface area contributed by atoms with E-state index >= 15 is 0 Å². The predicted octanol–water partition coefficient (Wildman–Crippen LogP) is 4.88. The van der Waals surface area contributed by atoms with Gasteiger partial charge in [-0.05, 0) is 24.3 Å². The summed E-state index contributed by atoms with van der Waals surface area (Å²) in [5.41, 5.74) is 1.16. The Morgan fingerprint density at radius 3 is 2.80 bits per heavy atom. The molecule has 0 radical (unpaired) electrons. The maximum absolute atomic E-state index is 12.3. The number of thioether (sulfide) groups is 1. The Balaban J connectivity index is 1.74. The van der Waals surface area contributed by atoms with Gasteiger partial charge in [0.2, 0.25) is 6.43 Å². The molecule has 11 heteroatoms. The van der Waals surface area contributed by atoms with Gasteiger partial charge < -0.3 is 5.32 Å². The number of aromatic nitrogens is 1. The first-order valence-corrected chi connectivity index (χ1v) is 9.41. The van der Waals surface area contributed by atoms with Crippen LogP contribution in [0.1, 0.15) is 9.67 Å². The van der Waals surface area contributed by atoms with Crippen LogP contribution in [0, 0.1) is 10.1 Å². The second-order valence-corrected chi connectivity index (χ2v) is 8.07. The largest absolute Gasteiger partial charge is 0.324 e. The number of hydrogen-bond acceptors (Lipinski definition) is 7. The predicted molar refractivity (Wildman–Crippen MR) is 95.3 cm³/mol. The Kier molecular flexibility index (Phi) is 5.25. The van der Waals surface area contributed by atoms with Crippen LogP contribution >= 0.6 is 34.4 Å². The second-order valence-electron chi connectivity index (χ2n) is 4.71. The topological polar surface area (TPSA) is 85.1 Å². The molecule has 0 aliphatic heterocycles. The van der Waals surface area contributed by atoms with E-state index < -0.39 is 17.3 Å². The first-order chi connectivity index (χ1) is 11.9. The number of hydrogen-bond donors (Lipinski definition) is 1. The van der Waals surface area contributed by atoms with E-state index in [1.54, 1.807) is 18.2 Å². The van der Waals surface area contributed by atoms with E-state index in [2.05, 4.69) is 10.3 Å². The molecule has 0 unspecified atom stereocenters. The Labute approximate surface area is 152 Å².